The van der Waals surface area contributed by atoms with Crippen LogP contribution < -0.4 is 9.46 Å². The number of nitrogens with one attached hydrogen (secondary N) is 1. The Kier molecular flexibility index (Phi) is 4.67. The SMILES string of the molecule is COc1cc2n(n1)CC1(CCN(C(=O)O)CC1)[C@@H]2N[S+]([O-])C(C)(C)C. The van der Waals surface area contributed by atoms with Gasteiger partial charge in [-0.05, 0) is 33.6 Å². The van der Waals surface area contributed by atoms with Gasteiger partial charge < -0.3 is 19.3 Å². The lowest BCUT2D eigenvalue weighted by molar-refractivity contribution is 0.0699. The first-order chi connectivity index (χ1) is 11.7. The number of fused-ring (bicyclic) bond motifs is 1. The lowest BCUT2D eigenvalue weighted by atomic mass is 9.74. The predicted molar refractivity (Wildman–Crippen MR) is 93.8 cm³/mol. The van der Waals surface area contributed by atoms with E-state index in [0.29, 0.717) is 38.4 Å². The van der Waals surface area contributed by atoms with Gasteiger partial charge in [-0.3, -0.25) is 4.68 Å². The van der Waals surface area contributed by atoms with Crippen molar-refractivity contribution in [1.82, 2.24) is 19.4 Å². The van der Waals surface area contributed by atoms with Gasteiger partial charge in [0.2, 0.25) is 5.88 Å². The maximum atomic E-state index is 12.7. The number of piperidine rings is 1. The zero-order valence-corrected chi connectivity index (χ0v) is 15.9. The molecule has 2 aliphatic heterocycles. The second-order valence-corrected chi connectivity index (χ2v) is 9.83. The van der Waals surface area contributed by atoms with Gasteiger partial charge in [-0.25, -0.2) is 4.79 Å². The molecular weight excluding hydrogens is 344 g/mol. The smallest absolute Gasteiger partial charge is 0.407 e. The van der Waals surface area contributed by atoms with E-state index in [1.165, 1.54) is 4.90 Å². The highest BCUT2D eigenvalue weighted by Crippen LogP contribution is 2.50. The zero-order valence-electron chi connectivity index (χ0n) is 15.1. The van der Waals surface area contributed by atoms with Gasteiger partial charge in [0.25, 0.3) is 0 Å². The van der Waals surface area contributed by atoms with Crippen LogP contribution in [0.25, 0.3) is 0 Å². The molecule has 1 aromatic heterocycles. The first-order valence-corrected chi connectivity index (χ1v) is 9.59. The number of carbonyl (C=O) groups is 1. The fourth-order valence-electron chi connectivity index (χ4n) is 3.63. The molecule has 0 radical (unpaired) electrons. The Morgan fingerprint density at radius 2 is 2.12 bits per heavy atom. The van der Waals surface area contributed by atoms with Gasteiger partial charge in [-0.15, -0.1) is 9.82 Å². The monoisotopic (exact) mass is 370 g/mol. The molecule has 140 valence electrons. The van der Waals surface area contributed by atoms with Crippen molar-refractivity contribution in [2.75, 3.05) is 20.2 Å². The Labute approximate surface area is 150 Å². The van der Waals surface area contributed by atoms with E-state index in [2.05, 4.69) is 9.82 Å². The molecule has 9 heteroatoms. The van der Waals surface area contributed by atoms with E-state index in [1.807, 2.05) is 31.5 Å². The molecule has 8 nitrogen and oxygen atoms in total. The molecule has 2 N–H and O–H groups in total. The second kappa shape index (κ2) is 6.37. The Bertz CT molecular complexity index is 649. The molecule has 0 aliphatic carbocycles. The molecule has 1 amide bonds. The summed E-state index contributed by atoms with van der Waals surface area (Å²) >= 11 is -1.23. The van der Waals surface area contributed by atoms with Crippen LogP contribution >= 0.6 is 0 Å². The number of likely N-dealkylation sites (tertiary alicyclic amines) is 1. The van der Waals surface area contributed by atoms with Crippen molar-refractivity contribution in [2.45, 2.75) is 50.9 Å². The van der Waals surface area contributed by atoms with Crippen LogP contribution in [0.15, 0.2) is 6.07 Å². The Morgan fingerprint density at radius 1 is 1.48 bits per heavy atom. The van der Waals surface area contributed by atoms with E-state index < -0.39 is 17.5 Å². The molecule has 2 aliphatic rings. The van der Waals surface area contributed by atoms with Crippen molar-refractivity contribution in [3.05, 3.63) is 11.8 Å². The van der Waals surface area contributed by atoms with Crippen molar-refractivity contribution >= 4 is 17.5 Å². The summed E-state index contributed by atoms with van der Waals surface area (Å²) in [5, 5.41) is 13.7. The van der Waals surface area contributed by atoms with Gasteiger partial charge in [0.15, 0.2) is 0 Å². The van der Waals surface area contributed by atoms with Crippen molar-refractivity contribution in [2.24, 2.45) is 5.41 Å². The Balaban J connectivity index is 1.87. The minimum absolute atomic E-state index is 0.139. The third-order valence-electron chi connectivity index (χ3n) is 5.18. The molecule has 1 spiro atoms. The lowest BCUT2D eigenvalue weighted by Crippen LogP contribution is -2.50. The maximum absolute atomic E-state index is 12.7. The van der Waals surface area contributed by atoms with Gasteiger partial charge in [0.1, 0.15) is 10.8 Å². The fraction of sp³-hybridized carbons (Fsp3) is 0.750. The maximum Gasteiger partial charge on any atom is 0.407 e. The summed E-state index contributed by atoms with van der Waals surface area (Å²) in [5.41, 5.74) is 0.778. The molecule has 25 heavy (non-hydrogen) atoms. The van der Waals surface area contributed by atoms with Crippen LogP contribution in [0.4, 0.5) is 4.79 Å². The first kappa shape index (κ1) is 18.3. The first-order valence-electron chi connectivity index (χ1n) is 8.44. The minimum Gasteiger partial charge on any atom is -0.598 e. The Hall–Kier alpha value is -1.45. The number of amides is 1. The third-order valence-corrected chi connectivity index (χ3v) is 6.74. The number of hydrogen-bond donors (Lipinski definition) is 2. The molecule has 1 fully saturated rings. The summed E-state index contributed by atoms with van der Waals surface area (Å²) in [6, 6.07) is 1.75. The van der Waals surface area contributed by atoms with Gasteiger partial charge in [0.05, 0.1) is 12.8 Å². The van der Waals surface area contributed by atoms with E-state index in [4.69, 9.17) is 4.74 Å². The minimum atomic E-state index is -1.23. The van der Waals surface area contributed by atoms with Crippen LogP contribution in [0.1, 0.15) is 45.3 Å². The topological polar surface area (TPSA) is 103 Å². The van der Waals surface area contributed by atoms with Crippen molar-refractivity contribution in [1.29, 1.82) is 0 Å². The number of rotatable bonds is 3. The standard InChI is InChI=1S/C16H26N4O4S/c1-15(2,3)25(23)18-13-11-9-12(24-4)17-20(11)10-16(13)5-7-19(8-6-16)14(21)22/h9,13,18H,5-8,10H2,1-4H3,(H,21,22)/t13-,25?/m1/s1. The number of hydrogen-bond acceptors (Lipinski definition) is 5. The molecular formula is C16H26N4O4S. The molecule has 0 saturated carbocycles. The molecule has 0 aromatic carbocycles. The summed E-state index contributed by atoms with van der Waals surface area (Å²) in [7, 11) is 1.58. The van der Waals surface area contributed by atoms with E-state index in [9.17, 15) is 14.5 Å². The number of aromatic nitrogens is 2. The normalized spacial score (nSPS) is 23.6. The van der Waals surface area contributed by atoms with Crippen molar-refractivity contribution in [3.8, 4) is 5.88 Å². The molecule has 3 heterocycles. The van der Waals surface area contributed by atoms with Crippen LogP contribution in [0.5, 0.6) is 5.88 Å². The summed E-state index contributed by atoms with van der Waals surface area (Å²) in [6.45, 7) is 7.45. The third kappa shape index (κ3) is 3.32. The Morgan fingerprint density at radius 3 is 2.64 bits per heavy atom. The van der Waals surface area contributed by atoms with Crippen LogP contribution in [0.2, 0.25) is 0 Å². The van der Waals surface area contributed by atoms with Crippen molar-refractivity contribution < 1.29 is 19.2 Å². The zero-order chi connectivity index (χ0) is 18.4. The van der Waals surface area contributed by atoms with E-state index >= 15 is 0 Å². The van der Waals surface area contributed by atoms with E-state index in [1.54, 1.807) is 7.11 Å². The van der Waals surface area contributed by atoms with Crippen LogP contribution in [0, 0.1) is 5.41 Å². The van der Waals surface area contributed by atoms with Gasteiger partial charge >= 0.3 is 6.09 Å². The number of carboxylic acid groups (broad SMARTS) is 1. The van der Waals surface area contributed by atoms with Gasteiger partial charge in [-0.2, -0.15) is 0 Å². The summed E-state index contributed by atoms with van der Waals surface area (Å²) in [6.07, 6.45) is 0.545. The van der Waals surface area contributed by atoms with Crippen LogP contribution in [0.3, 0.4) is 0 Å². The number of ether oxygens (including phenoxy) is 1. The molecule has 3 rings (SSSR count). The molecule has 1 aromatic rings. The molecule has 2 atom stereocenters. The molecule has 1 unspecified atom stereocenters. The van der Waals surface area contributed by atoms with Gasteiger partial charge in [0, 0.05) is 42.5 Å². The largest absolute Gasteiger partial charge is 0.598 e. The van der Waals surface area contributed by atoms with Gasteiger partial charge in [-0.1, -0.05) is 0 Å². The highest BCUT2D eigenvalue weighted by molar-refractivity contribution is 7.90. The summed E-state index contributed by atoms with van der Waals surface area (Å²) in [5.74, 6) is 0.543. The number of methoxy groups -OCH3 is 1. The summed E-state index contributed by atoms with van der Waals surface area (Å²) in [4.78, 5) is 12.7. The highest BCUT2D eigenvalue weighted by atomic mass is 32.2. The lowest BCUT2D eigenvalue weighted by Gasteiger charge is -2.42. The summed E-state index contributed by atoms with van der Waals surface area (Å²) < 4.78 is 22.8. The second-order valence-electron chi connectivity index (χ2n) is 7.83. The van der Waals surface area contributed by atoms with Crippen molar-refractivity contribution in [3.63, 3.8) is 0 Å². The fourth-order valence-corrected chi connectivity index (χ4v) is 4.57. The van der Waals surface area contributed by atoms with E-state index in [0.717, 1.165) is 5.69 Å². The van der Waals surface area contributed by atoms with Crippen LogP contribution in [-0.4, -0.2) is 55.4 Å². The average molecular weight is 370 g/mol. The quantitative estimate of drug-likeness (QED) is 0.786. The molecule has 0 bridgehead atoms. The number of nitrogens with zero attached hydrogens (tertiary/aromatic N) is 3. The predicted octanol–water partition coefficient (Wildman–Crippen LogP) is 1.76. The van der Waals surface area contributed by atoms with Crippen LogP contribution in [-0.2, 0) is 17.9 Å². The highest BCUT2D eigenvalue weighted by Gasteiger charge is 2.52. The average Bonchev–Trinajstić information content (AvgIpc) is 3.04. The van der Waals surface area contributed by atoms with E-state index in [-0.39, 0.29) is 16.2 Å². The molecule has 1 saturated heterocycles.